The summed E-state index contributed by atoms with van der Waals surface area (Å²) in [6, 6.07) is 0. The second-order valence-corrected chi connectivity index (χ2v) is 8.23. The van der Waals surface area contributed by atoms with Crippen molar-refractivity contribution in [1.29, 1.82) is 0 Å². The van der Waals surface area contributed by atoms with E-state index >= 15 is 0 Å². The van der Waals surface area contributed by atoms with Gasteiger partial charge in [-0.05, 0) is 31.5 Å². The van der Waals surface area contributed by atoms with Gasteiger partial charge in [0.1, 0.15) is 0 Å². The van der Waals surface area contributed by atoms with Crippen LogP contribution in [0.4, 0.5) is 0 Å². The molecule has 0 aromatic carbocycles. The Morgan fingerprint density at radius 1 is 1.17 bits per heavy atom. The van der Waals surface area contributed by atoms with E-state index in [0.717, 1.165) is 25.8 Å². The predicted molar refractivity (Wildman–Crippen MR) is 75.2 cm³/mol. The Morgan fingerprint density at radius 2 is 1.78 bits per heavy atom. The first-order valence-electron chi connectivity index (χ1n) is 6.54. The first kappa shape index (κ1) is 16.1. The van der Waals surface area contributed by atoms with E-state index in [4.69, 9.17) is 13.3 Å². The molecule has 0 aromatic rings. The van der Waals surface area contributed by atoms with Crippen LogP contribution < -0.4 is 5.32 Å². The van der Waals surface area contributed by atoms with Crippen molar-refractivity contribution in [3.63, 3.8) is 0 Å². The van der Waals surface area contributed by atoms with Crippen LogP contribution in [-0.4, -0.2) is 45.2 Å². The molecule has 1 atom stereocenters. The molecule has 1 N–H and O–H groups in total. The van der Waals surface area contributed by atoms with E-state index in [2.05, 4.69) is 22.4 Å². The van der Waals surface area contributed by atoms with Gasteiger partial charge >= 0.3 is 8.56 Å². The lowest BCUT2D eigenvalue weighted by atomic mass is 10.1. The van der Waals surface area contributed by atoms with Crippen molar-refractivity contribution in [2.24, 2.45) is 0 Å². The molecule has 0 amide bonds. The molecule has 0 spiro atoms. The van der Waals surface area contributed by atoms with Crippen molar-refractivity contribution in [2.45, 2.75) is 43.9 Å². The highest BCUT2D eigenvalue weighted by molar-refractivity contribution is 6.75. The average molecular weight is 286 g/mol. The monoisotopic (exact) mass is 286 g/mol. The van der Waals surface area contributed by atoms with Gasteiger partial charge in [-0.3, -0.25) is 5.32 Å². The zero-order chi connectivity index (χ0) is 13.5. The molecular weight excluding hydrogens is 262 g/mol. The Labute approximate surface area is 115 Å². The lowest BCUT2D eigenvalue weighted by Crippen LogP contribution is -2.69. The Hall–Kier alpha value is 0.0138. The van der Waals surface area contributed by atoms with E-state index < -0.39 is 13.9 Å². The fraction of sp³-hybridized carbons (Fsp3) is 0.833. The highest BCUT2D eigenvalue weighted by atomic mass is 28.4. The van der Waals surface area contributed by atoms with Crippen LogP contribution in [0.1, 0.15) is 38.5 Å². The smallest absolute Gasteiger partial charge is 0.399 e. The molecule has 0 bridgehead atoms. The van der Waals surface area contributed by atoms with Crippen LogP contribution in [0.2, 0.25) is 0 Å². The minimum atomic E-state index is -2.66. The molecule has 1 unspecified atom stereocenters. The van der Waals surface area contributed by atoms with E-state index in [1.165, 1.54) is 19.3 Å². The molecule has 18 heavy (non-hydrogen) atoms. The van der Waals surface area contributed by atoms with Crippen molar-refractivity contribution in [2.75, 3.05) is 20.8 Å². The van der Waals surface area contributed by atoms with Crippen molar-refractivity contribution in [3.05, 3.63) is 12.3 Å². The van der Waals surface area contributed by atoms with Crippen molar-refractivity contribution >= 4 is 19.0 Å². The number of hydrogen-bond donors (Lipinski definition) is 1. The summed E-state index contributed by atoms with van der Waals surface area (Å²) < 4.78 is 17.0. The van der Waals surface area contributed by atoms with E-state index in [0.29, 0.717) is 0 Å². The Kier molecular flexibility index (Phi) is 6.75. The molecule has 1 aliphatic rings. The third kappa shape index (κ3) is 3.12. The van der Waals surface area contributed by atoms with Gasteiger partial charge in [0.15, 0.2) is 5.35 Å². The Balaban J connectivity index is 3.00. The molecule has 6 heteroatoms. The lowest BCUT2D eigenvalue weighted by molar-refractivity contribution is 0.0489. The summed E-state index contributed by atoms with van der Waals surface area (Å²) >= 11 is 0. The molecule has 1 aliphatic heterocycles. The first-order chi connectivity index (χ1) is 8.70. The van der Waals surface area contributed by atoms with Gasteiger partial charge in [-0.25, -0.2) is 0 Å². The van der Waals surface area contributed by atoms with E-state index in [9.17, 15) is 0 Å². The van der Waals surface area contributed by atoms with E-state index in [1.807, 2.05) is 0 Å². The molecule has 1 heterocycles. The quantitative estimate of drug-likeness (QED) is 0.781. The van der Waals surface area contributed by atoms with Gasteiger partial charge in [0.25, 0.3) is 0 Å². The third-order valence-electron chi connectivity index (χ3n) is 3.73. The van der Waals surface area contributed by atoms with Gasteiger partial charge in [-0.1, -0.05) is 19.3 Å². The second kappa shape index (κ2) is 7.57. The minimum Gasteiger partial charge on any atom is -0.399 e. The minimum absolute atomic E-state index is 0.612. The highest BCUT2D eigenvalue weighted by Crippen LogP contribution is 2.30. The zero-order valence-electron chi connectivity index (χ0n) is 11.5. The van der Waals surface area contributed by atoms with Gasteiger partial charge in [0.05, 0.1) is 0 Å². The maximum absolute atomic E-state index is 5.69. The van der Waals surface area contributed by atoms with Gasteiger partial charge in [0, 0.05) is 14.2 Å². The molecule has 3 radical (unpaired) electrons. The summed E-state index contributed by atoms with van der Waals surface area (Å²) in [5, 5.41) is 2.88. The van der Waals surface area contributed by atoms with E-state index in [1.54, 1.807) is 19.9 Å². The maximum atomic E-state index is 5.69. The fourth-order valence-electron chi connectivity index (χ4n) is 2.61. The van der Waals surface area contributed by atoms with Crippen LogP contribution in [0.5, 0.6) is 0 Å². The predicted octanol–water partition coefficient (Wildman–Crippen LogP) is 1.73. The summed E-state index contributed by atoms with van der Waals surface area (Å²) in [7, 11) is 3.90. The number of hydrogen-bond acceptors (Lipinski definition) is 4. The normalized spacial score (nSPS) is 27.1. The summed E-state index contributed by atoms with van der Waals surface area (Å²) in [5.74, 6) is 0. The van der Waals surface area contributed by atoms with Crippen LogP contribution >= 0.6 is 0 Å². The first-order valence-corrected chi connectivity index (χ1v) is 8.84. The van der Waals surface area contributed by atoms with Crippen LogP contribution in [0.15, 0.2) is 12.3 Å². The zero-order valence-corrected chi connectivity index (χ0v) is 13.5. The Bertz CT molecular complexity index is 250. The molecule has 1 saturated heterocycles. The second-order valence-electron chi connectivity index (χ2n) is 4.65. The average Bonchev–Trinajstić information content (AvgIpc) is 2.54. The largest absolute Gasteiger partial charge is 0.411 e. The van der Waals surface area contributed by atoms with Crippen molar-refractivity contribution in [1.82, 2.24) is 5.32 Å². The number of nitrogens with one attached hydrogen (secondary N) is 1. The Morgan fingerprint density at radius 3 is 2.33 bits per heavy atom. The lowest BCUT2D eigenvalue weighted by Gasteiger charge is -2.44. The van der Waals surface area contributed by atoms with E-state index in [-0.39, 0.29) is 0 Å². The number of rotatable bonds is 5. The van der Waals surface area contributed by atoms with Gasteiger partial charge in [-0.2, -0.15) is 0 Å². The van der Waals surface area contributed by atoms with Gasteiger partial charge in [-0.15, -0.1) is 6.58 Å². The molecule has 0 saturated carbocycles. The van der Waals surface area contributed by atoms with Crippen molar-refractivity contribution in [3.8, 4) is 0 Å². The fourth-order valence-corrected chi connectivity index (χ4v) is 5.74. The van der Waals surface area contributed by atoms with Crippen LogP contribution in [-0.2, 0) is 13.3 Å². The van der Waals surface area contributed by atoms with Crippen LogP contribution in [0, 0.1) is 0 Å². The SMILES string of the molecule is C=C[Si](OC)(OC)C1(O[Si])CCCCCCCN1. The highest BCUT2D eigenvalue weighted by Gasteiger charge is 2.55. The summed E-state index contributed by atoms with van der Waals surface area (Å²) in [6.45, 7) is 4.79. The summed E-state index contributed by atoms with van der Waals surface area (Å²) in [4.78, 5) is 0. The molecule has 0 aliphatic carbocycles. The maximum Gasteiger partial charge on any atom is 0.411 e. The molecule has 4 nitrogen and oxygen atoms in total. The molecule has 1 rings (SSSR count). The standard InChI is InChI=1S/C12H24NO3Si2/c1-4-18(14-2,15-3)12(16-17)10-8-6-5-7-9-11-13-12/h4,13H,1,5-11H2,2-3H3. The molecular formula is C12H24NO3Si2. The summed E-state index contributed by atoms with van der Waals surface area (Å²) in [5.41, 5.74) is 1.79. The van der Waals surface area contributed by atoms with Crippen LogP contribution in [0.3, 0.4) is 0 Å². The van der Waals surface area contributed by atoms with Gasteiger partial charge < -0.3 is 13.3 Å². The molecule has 0 aromatic heterocycles. The van der Waals surface area contributed by atoms with Crippen LogP contribution in [0.25, 0.3) is 0 Å². The summed E-state index contributed by atoms with van der Waals surface area (Å²) in [6.07, 6.45) is 6.85. The molecule has 103 valence electrons. The molecule has 1 fully saturated rings. The third-order valence-corrected chi connectivity index (χ3v) is 7.69. The van der Waals surface area contributed by atoms with Crippen molar-refractivity contribution < 1.29 is 13.3 Å². The topological polar surface area (TPSA) is 39.7 Å². The van der Waals surface area contributed by atoms with Gasteiger partial charge in [0.2, 0.25) is 10.5 Å².